The van der Waals surface area contributed by atoms with Crippen molar-refractivity contribution in [1.29, 1.82) is 0 Å². The lowest BCUT2D eigenvalue weighted by molar-refractivity contribution is -0.160. The van der Waals surface area contributed by atoms with E-state index >= 15 is 0 Å². The molecule has 1 amide bonds. The van der Waals surface area contributed by atoms with Gasteiger partial charge in [0.05, 0.1) is 11.8 Å². The van der Waals surface area contributed by atoms with Crippen LogP contribution in [0.25, 0.3) is 0 Å². The van der Waals surface area contributed by atoms with Gasteiger partial charge in [-0.15, -0.1) is 0 Å². The van der Waals surface area contributed by atoms with Crippen molar-refractivity contribution in [2.45, 2.75) is 43.8 Å². The third kappa shape index (κ3) is 3.58. The molecule has 0 aliphatic heterocycles. The van der Waals surface area contributed by atoms with Crippen molar-refractivity contribution < 1.29 is 27.9 Å². The molecule has 1 saturated carbocycles. The van der Waals surface area contributed by atoms with Crippen molar-refractivity contribution in [3.8, 4) is 0 Å². The summed E-state index contributed by atoms with van der Waals surface area (Å²) in [7, 11) is 0. The Balaban J connectivity index is 2.15. The van der Waals surface area contributed by atoms with Crippen molar-refractivity contribution >= 4 is 11.9 Å². The zero-order valence-electron chi connectivity index (χ0n) is 11.9. The minimum Gasteiger partial charge on any atom is -0.480 e. The van der Waals surface area contributed by atoms with Crippen LogP contribution >= 0.6 is 0 Å². The molecule has 2 N–H and O–H groups in total. The molecule has 1 atom stereocenters. The lowest BCUT2D eigenvalue weighted by Gasteiger charge is -2.21. The average molecular weight is 315 g/mol. The number of carboxylic acids is 1. The van der Waals surface area contributed by atoms with Gasteiger partial charge >= 0.3 is 12.1 Å². The average Bonchev–Trinajstić information content (AvgIpc) is 3.17. The van der Waals surface area contributed by atoms with Crippen LogP contribution in [0, 0.1) is 6.92 Å². The summed E-state index contributed by atoms with van der Waals surface area (Å²) in [4.78, 5) is 23.2. The van der Waals surface area contributed by atoms with Crippen molar-refractivity contribution in [3.63, 3.8) is 0 Å². The second-order valence-electron chi connectivity index (χ2n) is 5.64. The summed E-state index contributed by atoms with van der Waals surface area (Å²) in [6, 6.07) is 5.18. The highest BCUT2D eigenvalue weighted by Crippen LogP contribution is 2.48. The van der Waals surface area contributed by atoms with Gasteiger partial charge in [0.2, 0.25) is 5.91 Å². The number of benzene rings is 1. The van der Waals surface area contributed by atoms with Gasteiger partial charge in [-0.2, -0.15) is 13.2 Å². The fraction of sp³-hybridized carbons (Fsp3) is 0.467. The predicted octanol–water partition coefficient (Wildman–Crippen LogP) is 2.55. The van der Waals surface area contributed by atoms with E-state index in [0.29, 0.717) is 18.4 Å². The molecule has 0 spiro atoms. The molecule has 120 valence electrons. The Labute approximate surface area is 125 Å². The van der Waals surface area contributed by atoms with Crippen molar-refractivity contribution in [1.82, 2.24) is 5.32 Å². The van der Waals surface area contributed by atoms with Gasteiger partial charge in [0.1, 0.15) is 6.04 Å². The molecule has 0 saturated heterocycles. The first-order valence-electron chi connectivity index (χ1n) is 6.82. The number of rotatable bonds is 5. The molecule has 1 aliphatic rings. The van der Waals surface area contributed by atoms with Crippen LogP contribution < -0.4 is 5.32 Å². The van der Waals surface area contributed by atoms with Crippen LogP contribution in [0.3, 0.4) is 0 Å². The number of halogens is 3. The van der Waals surface area contributed by atoms with E-state index in [1.807, 2.05) is 18.3 Å². The number of carboxylic acid groups (broad SMARTS) is 1. The predicted molar refractivity (Wildman–Crippen MR) is 72.3 cm³/mol. The molecule has 0 bridgehead atoms. The maximum atomic E-state index is 12.4. The fourth-order valence-corrected chi connectivity index (χ4v) is 2.44. The Bertz CT molecular complexity index is 594. The molecular formula is C15H16F3NO3. The van der Waals surface area contributed by atoms with E-state index in [-0.39, 0.29) is 0 Å². The summed E-state index contributed by atoms with van der Waals surface area (Å²) in [6.07, 6.45) is -5.24. The number of hydrogen-bond acceptors (Lipinski definition) is 2. The number of carbonyl (C=O) groups excluding carboxylic acids is 1. The van der Waals surface area contributed by atoms with Crippen LogP contribution in [0.15, 0.2) is 24.3 Å². The van der Waals surface area contributed by atoms with Gasteiger partial charge in [-0.05, 0) is 25.3 Å². The summed E-state index contributed by atoms with van der Waals surface area (Å²) in [6.45, 7) is 1.85. The van der Waals surface area contributed by atoms with Crippen molar-refractivity contribution in [2.75, 3.05) is 0 Å². The molecular weight excluding hydrogens is 299 g/mol. The number of hydrogen-bond donors (Lipinski definition) is 2. The first kappa shape index (κ1) is 16.3. The SMILES string of the molecule is Cc1cccc(C2(C(=O)NC(CC(F)(F)F)C(=O)O)CC2)c1. The molecule has 2 rings (SSSR count). The quantitative estimate of drug-likeness (QED) is 0.877. The second kappa shape index (κ2) is 5.62. The molecule has 0 radical (unpaired) electrons. The van der Waals surface area contributed by atoms with E-state index in [4.69, 9.17) is 5.11 Å². The number of carbonyl (C=O) groups is 2. The Morgan fingerprint density at radius 3 is 2.45 bits per heavy atom. The maximum absolute atomic E-state index is 12.4. The normalized spacial score (nSPS) is 17.6. The standard InChI is InChI=1S/C15H16F3NO3/c1-9-3-2-4-10(7-9)14(5-6-14)13(22)19-11(12(20)21)8-15(16,17)18/h2-4,7,11H,5-6,8H2,1H3,(H,19,22)(H,20,21). The molecule has 22 heavy (non-hydrogen) atoms. The van der Waals surface area contributed by atoms with Gasteiger partial charge in [-0.25, -0.2) is 4.79 Å². The van der Waals surface area contributed by atoms with Gasteiger partial charge in [0.15, 0.2) is 0 Å². The number of alkyl halides is 3. The Morgan fingerprint density at radius 2 is 2.00 bits per heavy atom. The maximum Gasteiger partial charge on any atom is 0.391 e. The zero-order chi connectivity index (χ0) is 16.5. The molecule has 7 heteroatoms. The number of amides is 1. The van der Waals surface area contributed by atoms with Crippen LogP contribution in [0.2, 0.25) is 0 Å². The highest BCUT2D eigenvalue weighted by Gasteiger charge is 2.52. The van der Waals surface area contributed by atoms with Crippen LogP contribution in [-0.2, 0) is 15.0 Å². The van der Waals surface area contributed by atoms with Crippen molar-refractivity contribution in [3.05, 3.63) is 35.4 Å². The number of nitrogens with one attached hydrogen (secondary N) is 1. The van der Waals surface area contributed by atoms with E-state index in [2.05, 4.69) is 0 Å². The summed E-state index contributed by atoms with van der Waals surface area (Å²) in [5.41, 5.74) is 0.744. The third-order valence-corrected chi connectivity index (χ3v) is 3.79. The fourth-order valence-electron chi connectivity index (χ4n) is 2.44. The second-order valence-corrected chi connectivity index (χ2v) is 5.64. The first-order valence-corrected chi connectivity index (χ1v) is 6.82. The lowest BCUT2D eigenvalue weighted by Crippen LogP contribution is -2.47. The van der Waals surface area contributed by atoms with Gasteiger partial charge < -0.3 is 10.4 Å². The minimum atomic E-state index is -4.66. The highest BCUT2D eigenvalue weighted by molar-refractivity contribution is 5.94. The van der Waals surface area contributed by atoms with Crippen LogP contribution in [0.4, 0.5) is 13.2 Å². The zero-order valence-corrected chi connectivity index (χ0v) is 11.9. The van der Waals surface area contributed by atoms with Crippen LogP contribution in [0.1, 0.15) is 30.4 Å². The Kier molecular flexibility index (Phi) is 4.17. The van der Waals surface area contributed by atoms with E-state index in [9.17, 15) is 22.8 Å². The smallest absolute Gasteiger partial charge is 0.391 e. The molecule has 1 fully saturated rings. The van der Waals surface area contributed by atoms with Gasteiger partial charge in [0, 0.05) is 0 Å². The number of aliphatic carboxylic acids is 1. The van der Waals surface area contributed by atoms with Gasteiger partial charge in [-0.1, -0.05) is 29.8 Å². The molecule has 1 unspecified atom stereocenters. The van der Waals surface area contributed by atoms with E-state index in [0.717, 1.165) is 5.56 Å². The first-order chi connectivity index (χ1) is 10.1. The highest BCUT2D eigenvalue weighted by atomic mass is 19.4. The Morgan fingerprint density at radius 1 is 1.36 bits per heavy atom. The summed E-state index contributed by atoms with van der Waals surface area (Å²) < 4.78 is 37.2. The molecule has 4 nitrogen and oxygen atoms in total. The molecule has 1 aliphatic carbocycles. The van der Waals surface area contributed by atoms with E-state index in [1.165, 1.54) is 0 Å². The summed E-state index contributed by atoms with van der Waals surface area (Å²) >= 11 is 0. The van der Waals surface area contributed by atoms with E-state index < -0.39 is 35.9 Å². The monoisotopic (exact) mass is 315 g/mol. The topological polar surface area (TPSA) is 66.4 Å². The minimum absolute atomic E-state index is 0.501. The van der Waals surface area contributed by atoms with Crippen LogP contribution in [-0.4, -0.2) is 29.2 Å². The molecule has 0 heterocycles. The van der Waals surface area contributed by atoms with Gasteiger partial charge in [-0.3, -0.25) is 4.79 Å². The molecule has 0 aromatic heterocycles. The largest absolute Gasteiger partial charge is 0.480 e. The summed E-state index contributed by atoms with van der Waals surface area (Å²) in [5.74, 6) is -2.35. The lowest BCUT2D eigenvalue weighted by atomic mass is 9.93. The van der Waals surface area contributed by atoms with Crippen LogP contribution in [0.5, 0.6) is 0 Å². The molecule has 1 aromatic rings. The number of aryl methyl sites for hydroxylation is 1. The van der Waals surface area contributed by atoms with Crippen molar-refractivity contribution in [2.24, 2.45) is 0 Å². The Hall–Kier alpha value is -2.05. The summed E-state index contributed by atoms with van der Waals surface area (Å²) in [5, 5.41) is 10.9. The third-order valence-electron chi connectivity index (χ3n) is 3.79. The van der Waals surface area contributed by atoms with Gasteiger partial charge in [0.25, 0.3) is 0 Å². The van der Waals surface area contributed by atoms with E-state index in [1.54, 1.807) is 18.2 Å². The molecule has 1 aromatic carbocycles.